The predicted octanol–water partition coefficient (Wildman–Crippen LogP) is 4.47. The van der Waals surface area contributed by atoms with Crippen molar-refractivity contribution in [3.63, 3.8) is 0 Å². The van der Waals surface area contributed by atoms with Gasteiger partial charge in [0.15, 0.2) is 11.6 Å². The van der Waals surface area contributed by atoms with E-state index in [2.05, 4.69) is 22.8 Å². The predicted molar refractivity (Wildman–Crippen MR) is 141 cm³/mol. The average Bonchev–Trinajstić information content (AvgIpc) is 3.23. The molecule has 8 heteroatoms. The lowest BCUT2D eigenvalue weighted by atomic mass is 9.89. The number of rotatable bonds is 7. The van der Waals surface area contributed by atoms with E-state index < -0.39 is 47.1 Å². The minimum atomic E-state index is -1.50. The van der Waals surface area contributed by atoms with Crippen LogP contribution in [0.25, 0.3) is 0 Å². The maximum absolute atomic E-state index is 15.2. The molecular formula is C30H37F2N3O3. The van der Waals surface area contributed by atoms with E-state index in [4.69, 9.17) is 0 Å². The Hall–Kier alpha value is -3.29. The Morgan fingerprint density at radius 3 is 2.26 bits per heavy atom. The molecule has 0 aromatic heterocycles. The maximum atomic E-state index is 15.2. The van der Waals surface area contributed by atoms with Crippen molar-refractivity contribution in [3.8, 4) is 0 Å². The van der Waals surface area contributed by atoms with Crippen molar-refractivity contribution in [1.82, 2.24) is 15.5 Å². The van der Waals surface area contributed by atoms with Crippen LogP contribution in [0, 0.1) is 23.5 Å². The van der Waals surface area contributed by atoms with Gasteiger partial charge in [0, 0.05) is 11.1 Å². The van der Waals surface area contributed by atoms with Crippen LogP contribution in [0.2, 0.25) is 0 Å². The van der Waals surface area contributed by atoms with Crippen molar-refractivity contribution in [3.05, 3.63) is 70.8 Å². The summed E-state index contributed by atoms with van der Waals surface area (Å²) in [6.07, 6.45) is 2.24. The molecule has 4 rings (SSSR count). The summed E-state index contributed by atoms with van der Waals surface area (Å²) in [5.41, 5.74) is 1.48. The van der Waals surface area contributed by atoms with Crippen molar-refractivity contribution in [2.75, 3.05) is 0 Å². The minimum absolute atomic E-state index is 0.00520. The van der Waals surface area contributed by atoms with Crippen LogP contribution in [0.1, 0.15) is 70.2 Å². The number of hydrogen-bond donors (Lipinski definition) is 2. The third-order valence-electron chi connectivity index (χ3n) is 7.21. The maximum Gasteiger partial charge on any atom is 0.247 e. The monoisotopic (exact) mass is 525 g/mol. The molecule has 6 nitrogen and oxygen atoms in total. The van der Waals surface area contributed by atoms with E-state index in [0.717, 1.165) is 18.9 Å². The Kier molecular flexibility index (Phi) is 7.90. The Balaban J connectivity index is 1.73. The van der Waals surface area contributed by atoms with Gasteiger partial charge in [0.1, 0.15) is 18.1 Å². The molecule has 0 saturated carbocycles. The number of piperazine rings is 1. The normalized spacial score (nSPS) is 20.9. The van der Waals surface area contributed by atoms with Gasteiger partial charge in [-0.2, -0.15) is 0 Å². The second-order valence-corrected chi connectivity index (χ2v) is 12.0. The number of hydrogen-bond acceptors (Lipinski definition) is 3. The Labute approximate surface area is 223 Å². The van der Waals surface area contributed by atoms with Crippen molar-refractivity contribution < 1.29 is 23.2 Å². The number of nitrogens with zero attached hydrogens (tertiary/aromatic N) is 1. The first-order chi connectivity index (χ1) is 17.9. The molecule has 1 aliphatic heterocycles. The molecule has 0 spiro atoms. The zero-order valence-electron chi connectivity index (χ0n) is 22.7. The zero-order valence-corrected chi connectivity index (χ0v) is 22.7. The van der Waals surface area contributed by atoms with E-state index in [9.17, 15) is 18.8 Å². The van der Waals surface area contributed by atoms with Crippen LogP contribution < -0.4 is 10.6 Å². The van der Waals surface area contributed by atoms with E-state index in [1.807, 2.05) is 26.0 Å². The number of nitrogens with one attached hydrogen (secondary N) is 2. The van der Waals surface area contributed by atoms with Crippen LogP contribution in [0.4, 0.5) is 8.78 Å². The smallest absolute Gasteiger partial charge is 0.247 e. The Bertz CT molecular complexity index is 1200. The topological polar surface area (TPSA) is 78.5 Å². The lowest BCUT2D eigenvalue weighted by Gasteiger charge is -2.44. The second kappa shape index (κ2) is 10.8. The van der Waals surface area contributed by atoms with Crippen LogP contribution in [-0.2, 0) is 27.2 Å². The second-order valence-electron chi connectivity index (χ2n) is 12.0. The molecule has 2 unspecified atom stereocenters. The van der Waals surface area contributed by atoms with Crippen molar-refractivity contribution in [1.29, 1.82) is 0 Å². The van der Waals surface area contributed by atoms with Crippen LogP contribution in [0.3, 0.4) is 0 Å². The third kappa shape index (κ3) is 5.89. The third-order valence-corrected chi connectivity index (χ3v) is 7.21. The van der Waals surface area contributed by atoms with Crippen LogP contribution in [-0.4, -0.2) is 40.2 Å². The highest BCUT2D eigenvalue weighted by Crippen LogP contribution is 2.35. The SMILES string of the molecule is CC(C)C[C@@H]1C(=O)NC(CC2Cc3ccccc3C2)C(=O)N1C(C(=O)NC(C)(C)C)c1cccc(F)c1F. The fraction of sp³-hybridized carbons (Fsp3) is 0.500. The number of carbonyl (C=O) groups is 3. The molecule has 2 aromatic carbocycles. The highest BCUT2D eigenvalue weighted by Gasteiger charge is 2.48. The van der Waals surface area contributed by atoms with Gasteiger partial charge in [-0.25, -0.2) is 8.78 Å². The molecule has 204 valence electrons. The Morgan fingerprint density at radius 1 is 1.05 bits per heavy atom. The molecule has 3 atom stereocenters. The molecule has 2 N–H and O–H groups in total. The van der Waals surface area contributed by atoms with Gasteiger partial charge in [0.2, 0.25) is 17.7 Å². The van der Waals surface area contributed by atoms with E-state index in [-0.39, 0.29) is 29.7 Å². The van der Waals surface area contributed by atoms with Crippen LogP contribution in [0.5, 0.6) is 0 Å². The Morgan fingerprint density at radius 2 is 1.68 bits per heavy atom. The van der Waals surface area contributed by atoms with Gasteiger partial charge in [0.25, 0.3) is 0 Å². The molecular weight excluding hydrogens is 488 g/mol. The average molecular weight is 526 g/mol. The summed E-state index contributed by atoms with van der Waals surface area (Å²) in [6, 6.07) is 8.32. The molecule has 2 aliphatic rings. The van der Waals surface area contributed by atoms with E-state index >= 15 is 4.39 Å². The molecule has 0 bridgehead atoms. The highest BCUT2D eigenvalue weighted by molar-refractivity contribution is 6.00. The molecule has 1 saturated heterocycles. The highest BCUT2D eigenvalue weighted by atomic mass is 19.2. The lowest BCUT2D eigenvalue weighted by Crippen LogP contribution is -2.66. The number of benzene rings is 2. The largest absolute Gasteiger partial charge is 0.349 e. The molecule has 2 aromatic rings. The summed E-state index contributed by atoms with van der Waals surface area (Å²) in [7, 11) is 0. The molecule has 0 radical (unpaired) electrons. The summed E-state index contributed by atoms with van der Waals surface area (Å²) < 4.78 is 29.6. The molecule has 38 heavy (non-hydrogen) atoms. The summed E-state index contributed by atoms with van der Waals surface area (Å²) in [5.74, 6) is -3.68. The number of carbonyl (C=O) groups excluding carboxylic acids is 3. The number of fused-ring (bicyclic) bond motifs is 1. The van der Waals surface area contributed by atoms with E-state index in [0.29, 0.717) is 6.42 Å². The zero-order chi connectivity index (χ0) is 27.8. The van der Waals surface area contributed by atoms with Crippen molar-refractivity contribution in [2.24, 2.45) is 11.8 Å². The summed E-state index contributed by atoms with van der Waals surface area (Å²) in [6.45, 7) is 9.11. The van der Waals surface area contributed by atoms with Gasteiger partial charge in [-0.3, -0.25) is 14.4 Å². The standard InChI is InChI=1S/C30H37F2N3O3/c1-17(2)13-24-27(36)33-23(16-18-14-19-9-6-7-10-20(19)15-18)29(38)35(24)26(28(37)34-30(3,4)5)21-11-8-12-22(31)25(21)32/h6-12,17-18,23-24,26H,13-16H2,1-5H3,(H,33,36)(H,34,37)/t23?,24-,26?/m1/s1. The van der Waals surface area contributed by atoms with Crippen molar-refractivity contribution in [2.45, 2.75) is 84.0 Å². The van der Waals surface area contributed by atoms with E-state index in [1.54, 1.807) is 20.8 Å². The number of amides is 3. The molecule has 1 heterocycles. The fourth-order valence-corrected chi connectivity index (χ4v) is 5.66. The van der Waals surface area contributed by atoms with E-state index in [1.165, 1.54) is 28.2 Å². The molecule has 1 fully saturated rings. The van der Waals surface area contributed by atoms with Gasteiger partial charge >= 0.3 is 0 Å². The van der Waals surface area contributed by atoms with Gasteiger partial charge < -0.3 is 15.5 Å². The summed E-state index contributed by atoms with van der Waals surface area (Å²) in [5, 5.41) is 5.71. The first-order valence-corrected chi connectivity index (χ1v) is 13.3. The quantitative estimate of drug-likeness (QED) is 0.560. The fourth-order valence-electron chi connectivity index (χ4n) is 5.66. The van der Waals surface area contributed by atoms with Crippen molar-refractivity contribution >= 4 is 17.7 Å². The lowest BCUT2D eigenvalue weighted by molar-refractivity contribution is -0.157. The first kappa shape index (κ1) is 27.7. The van der Waals surface area contributed by atoms with Crippen LogP contribution in [0.15, 0.2) is 42.5 Å². The molecule has 1 aliphatic carbocycles. The van der Waals surface area contributed by atoms with Gasteiger partial charge in [-0.1, -0.05) is 50.2 Å². The first-order valence-electron chi connectivity index (χ1n) is 13.3. The molecule has 3 amide bonds. The van der Waals surface area contributed by atoms with Gasteiger partial charge in [-0.05, 0) is 75.5 Å². The number of halogens is 2. The van der Waals surface area contributed by atoms with Gasteiger partial charge in [-0.15, -0.1) is 0 Å². The van der Waals surface area contributed by atoms with Gasteiger partial charge in [0.05, 0.1) is 0 Å². The minimum Gasteiger partial charge on any atom is -0.349 e. The summed E-state index contributed by atoms with van der Waals surface area (Å²) in [4.78, 5) is 42.5. The van der Waals surface area contributed by atoms with Crippen LogP contribution >= 0.6 is 0 Å². The summed E-state index contributed by atoms with van der Waals surface area (Å²) >= 11 is 0.